The minimum atomic E-state index is -0.278. The average molecular weight is 382 g/mol. The molecule has 2 heterocycles. The zero-order chi connectivity index (χ0) is 20.2. The quantitative estimate of drug-likeness (QED) is 0.409. The monoisotopic (exact) mass is 382 g/mol. The van der Waals surface area contributed by atoms with Gasteiger partial charge in [0.25, 0.3) is 5.91 Å². The number of nitrogens with one attached hydrogen (secondary N) is 1. The average Bonchev–Trinajstić information content (AvgIpc) is 3.01. The Hall–Kier alpha value is -3.73. The maximum absolute atomic E-state index is 12.3. The molecule has 4 aromatic rings. The second-order valence-electron chi connectivity index (χ2n) is 6.98. The summed E-state index contributed by atoms with van der Waals surface area (Å²) in [6.45, 7) is 4.74. The van der Waals surface area contributed by atoms with Gasteiger partial charge in [-0.1, -0.05) is 48.5 Å². The lowest BCUT2D eigenvalue weighted by molar-refractivity contribution is 0.0955. The Bertz CT molecular complexity index is 1170. The number of hydrogen-bond donors (Lipinski definition) is 1. The number of benzene rings is 2. The van der Waals surface area contributed by atoms with Crippen LogP contribution in [0.15, 0.2) is 78.0 Å². The number of aryl methyl sites for hydroxylation is 1. The minimum Gasteiger partial charge on any atom is -0.340 e. The predicted molar refractivity (Wildman–Crippen MR) is 116 cm³/mol. The number of amides is 1. The Morgan fingerprint density at radius 1 is 1.03 bits per heavy atom. The van der Waals surface area contributed by atoms with Crippen molar-refractivity contribution >= 4 is 23.0 Å². The van der Waals surface area contributed by atoms with Crippen molar-refractivity contribution in [3.63, 3.8) is 0 Å². The van der Waals surface area contributed by atoms with Gasteiger partial charge in [0.05, 0.1) is 11.8 Å². The van der Waals surface area contributed by atoms with E-state index in [0.29, 0.717) is 5.56 Å². The van der Waals surface area contributed by atoms with E-state index in [4.69, 9.17) is 0 Å². The van der Waals surface area contributed by atoms with Crippen LogP contribution in [-0.2, 0) is 6.54 Å². The maximum atomic E-state index is 12.3. The molecule has 2 aromatic carbocycles. The first-order valence-electron chi connectivity index (χ1n) is 9.51. The fraction of sp³-hybridized carbons (Fsp3) is 0.125. The lowest BCUT2D eigenvalue weighted by Gasteiger charge is -2.08. The summed E-state index contributed by atoms with van der Waals surface area (Å²) in [5.41, 5.74) is 8.43. The van der Waals surface area contributed by atoms with E-state index >= 15 is 0 Å². The molecule has 0 aliphatic heterocycles. The normalized spacial score (nSPS) is 11.2. The smallest absolute Gasteiger partial charge is 0.272 e. The first-order chi connectivity index (χ1) is 14.1. The van der Waals surface area contributed by atoms with Gasteiger partial charge in [-0.2, -0.15) is 5.10 Å². The summed E-state index contributed by atoms with van der Waals surface area (Å²) in [5.74, 6) is -0.278. The molecule has 1 N–H and O–H groups in total. The van der Waals surface area contributed by atoms with Gasteiger partial charge < -0.3 is 4.57 Å². The number of hydrazone groups is 1. The van der Waals surface area contributed by atoms with Gasteiger partial charge in [-0.25, -0.2) is 5.43 Å². The van der Waals surface area contributed by atoms with Crippen molar-refractivity contribution < 1.29 is 4.79 Å². The molecule has 1 amide bonds. The van der Waals surface area contributed by atoms with Crippen LogP contribution in [0, 0.1) is 13.8 Å². The number of carbonyl (C=O) groups excluding carboxylic acids is 1. The molecule has 144 valence electrons. The molecule has 5 nitrogen and oxygen atoms in total. The van der Waals surface area contributed by atoms with Gasteiger partial charge in [-0.3, -0.25) is 9.78 Å². The van der Waals surface area contributed by atoms with Crippen LogP contribution >= 0.6 is 0 Å². The van der Waals surface area contributed by atoms with Crippen LogP contribution in [0.1, 0.15) is 32.9 Å². The Morgan fingerprint density at radius 2 is 1.79 bits per heavy atom. The molecule has 0 aliphatic carbocycles. The standard InChI is InChI=1S/C24H22N4O/c1-17-12-13-20(14-25-17)24(29)27-26-15-22-18(2)28(16-19-8-4-3-5-9-19)23-11-7-6-10-21(22)23/h3-15H,16H2,1-2H3,(H,27,29). The summed E-state index contributed by atoms with van der Waals surface area (Å²) in [6, 6.07) is 22.2. The second-order valence-corrected chi connectivity index (χ2v) is 6.98. The largest absolute Gasteiger partial charge is 0.340 e. The molecule has 0 spiro atoms. The summed E-state index contributed by atoms with van der Waals surface area (Å²) in [4.78, 5) is 16.4. The van der Waals surface area contributed by atoms with Gasteiger partial charge >= 0.3 is 0 Å². The Balaban J connectivity index is 1.62. The molecule has 4 rings (SSSR count). The van der Waals surface area contributed by atoms with Gasteiger partial charge in [0.15, 0.2) is 0 Å². The molecule has 29 heavy (non-hydrogen) atoms. The third-order valence-corrected chi connectivity index (χ3v) is 5.00. The van der Waals surface area contributed by atoms with E-state index in [1.807, 2.05) is 37.3 Å². The molecule has 0 saturated heterocycles. The molecular formula is C24H22N4O. The number of hydrogen-bond acceptors (Lipinski definition) is 3. The van der Waals surface area contributed by atoms with Crippen molar-refractivity contribution in [2.75, 3.05) is 0 Å². The molecule has 0 bridgehead atoms. The van der Waals surface area contributed by atoms with Gasteiger partial charge in [0.1, 0.15) is 0 Å². The highest BCUT2D eigenvalue weighted by Gasteiger charge is 2.13. The van der Waals surface area contributed by atoms with E-state index in [0.717, 1.165) is 34.4 Å². The lowest BCUT2D eigenvalue weighted by Crippen LogP contribution is -2.17. The molecule has 0 atom stereocenters. The predicted octanol–water partition coefficient (Wildman–Crippen LogP) is 4.47. The fourth-order valence-corrected chi connectivity index (χ4v) is 3.41. The van der Waals surface area contributed by atoms with E-state index < -0.39 is 0 Å². The molecule has 2 aromatic heterocycles. The number of para-hydroxylation sites is 1. The van der Waals surface area contributed by atoms with Gasteiger partial charge in [-0.15, -0.1) is 0 Å². The van der Waals surface area contributed by atoms with Gasteiger partial charge in [0, 0.05) is 40.6 Å². The van der Waals surface area contributed by atoms with E-state index in [9.17, 15) is 4.79 Å². The highest BCUT2D eigenvalue weighted by Crippen LogP contribution is 2.25. The summed E-state index contributed by atoms with van der Waals surface area (Å²) < 4.78 is 2.28. The number of rotatable bonds is 5. The molecule has 0 saturated carbocycles. The Labute approximate surface area is 169 Å². The SMILES string of the molecule is Cc1ccc(C(=O)NN=Cc2c(C)n(Cc3ccccc3)c3ccccc23)cn1. The maximum Gasteiger partial charge on any atom is 0.272 e. The Kier molecular flexibility index (Phi) is 5.20. The van der Waals surface area contributed by atoms with E-state index in [1.165, 1.54) is 5.56 Å². The van der Waals surface area contributed by atoms with Crippen molar-refractivity contribution in [1.29, 1.82) is 0 Å². The zero-order valence-electron chi connectivity index (χ0n) is 16.5. The van der Waals surface area contributed by atoms with Crippen LogP contribution in [0.3, 0.4) is 0 Å². The summed E-state index contributed by atoms with van der Waals surface area (Å²) in [7, 11) is 0. The van der Waals surface area contributed by atoms with Crippen molar-refractivity contribution in [2.24, 2.45) is 5.10 Å². The van der Waals surface area contributed by atoms with Gasteiger partial charge in [-0.05, 0) is 37.6 Å². The fourth-order valence-electron chi connectivity index (χ4n) is 3.41. The molecule has 0 aliphatic rings. The van der Waals surface area contributed by atoms with Crippen LogP contribution in [0.4, 0.5) is 0 Å². The first-order valence-corrected chi connectivity index (χ1v) is 9.51. The minimum absolute atomic E-state index is 0.278. The van der Waals surface area contributed by atoms with Crippen molar-refractivity contribution in [3.8, 4) is 0 Å². The number of carbonyl (C=O) groups is 1. The summed E-state index contributed by atoms with van der Waals surface area (Å²) in [6.07, 6.45) is 3.27. The van der Waals surface area contributed by atoms with E-state index in [1.54, 1.807) is 24.5 Å². The molecule has 5 heteroatoms. The van der Waals surface area contributed by atoms with Crippen LogP contribution in [0.25, 0.3) is 10.9 Å². The molecule has 0 radical (unpaired) electrons. The van der Waals surface area contributed by atoms with Crippen LogP contribution in [0.2, 0.25) is 0 Å². The first kappa shape index (κ1) is 18.6. The van der Waals surface area contributed by atoms with Crippen LogP contribution in [-0.4, -0.2) is 21.7 Å². The van der Waals surface area contributed by atoms with Gasteiger partial charge in [0.2, 0.25) is 0 Å². The van der Waals surface area contributed by atoms with Crippen molar-refractivity contribution in [1.82, 2.24) is 15.0 Å². The number of pyridine rings is 1. The van der Waals surface area contributed by atoms with Crippen LogP contribution < -0.4 is 5.43 Å². The third-order valence-electron chi connectivity index (χ3n) is 5.00. The Morgan fingerprint density at radius 3 is 2.55 bits per heavy atom. The number of aromatic nitrogens is 2. The molecule has 0 unspecified atom stereocenters. The highest BCUT2D eigenvalue weighted by molar-refractivity contribution is 6.02. The topological polar surface area (TPSA) is 59.3 Å². The molecule has 0 fully saturated rings. The highest BCUT2D eigenvalue weighted by atomic mass is 16.2. The van der Waals surface area contributed by atoms with Crippen molar-refractivity contribution in [3.05, 3.63) is 101 Å². The zero-order valence-corrected chi connectivity index (χ0v) is 16.5. The number of nitrogens with zero attached hydrogens (tertiary/aromatic N) is 3. The van der Waals surface area contributed by atoms with E-state index in [-0.39, 0.29) is 5.91 Å². The number of fused-ring (bicyclic) bond motifs is 1. The second kappa shape index (κ2) is 8.10. The van der Waals surface area contributed by atoms with E-state index in [2.05, 4.69) is 51.3 Å². The summed E-state index contributed by atoms with van der Waals surface area (Å²) in [5, 5.41) is 5.31. The van der Waals surface area contributed by atoms with Crippen LogP contribution in [0.5, 0.6) is 0 Å². The lowest BCUT2D eigenvalue weighted by atomic mass is 10.1. The summed E-state index contributed by atoms with van der Waals surface area (Å²) >= 11 is 0. The third kappa shape index (κ3) is 3.94. The molecular weight excluding hydrogens is 360 g/mol. The van der Waals surface area contributed by atoms with Crippen molar-refractivity contribution in [2.45, 2.75) is 20.4 Å².